The van der Waals surface area contributed by atoms with Crippen LogP contribution in [0.15, 0.2) is 22.0 Å². The maximum absolute atomic E-state index is 11.2. The van der Waals surface area contributed by atoms with Crippen LogP contribution in [0.25, 0.3) is 0 Å². The predicted octanol–water partition coefficient (Wildman–Crippen LogP) is -0.485. The molecule has 0 spiro atoms. The van der Waals surface area contributed by atoms with Gasteiger partial charge in [0.2, 0.25) is 0 Å². The summed E-state index contributed by atoms with van der Waals surface area (Å²) >= 11 is -0.505. The van der Waals surface area contributed by atoms with Crippen molar-refractivity contribution in [3.05, 3.63) is 22.0 Å². The van der Waals surface area contributed by atoms with Gasteiger partial charge >= 0.3 is 106 Å². The SMILES string of the molecule is O=C(C=C[C]1=[Bi][CH]=C1)OCCOCCOCCO. The molecule has 0 aromatic carbocycles. The van der Waals surface area contributed by atoms with Crippen LogP contribution >= 0.6 is 0 Å². The Morgan fingerprint density at radius 3 is 2.50 bits per heavy atom. The fraction of sp³-hybridized carbons (Fsp3) is 0.500. The van der Waals surface area contributed by atoms with Crippen molar-refractivity contribution in [1.82, 2.24) is 0 Å². The number of aliphatic hydroxyl groups excluding tert-OH is 1. The molecule has 0 atom stereocenters. The summed E-state index contributed by atoms with van der Waals surface area (Å²) in [5, 5.41) is 8.45. The van der Waals surface area contributed by atoms with Gasteiger partial charge < -0.3 is 5.11 Å². The normalized spacial score (nSPS) is 13.5. The van der Waals surface area contributed by atoms with Crippen molar-refractivity contribution >= 4 is 31.9 Å². The number of carbonyl (C=O) groups is 1. The van der Waals surface area contributed by atoms with Gasteiger partial charge in [-0.15, -0.1) is 0 Å². The summed E-state index contributed by atoms with van der Waals surface area (Å²) in [7, 11) is 0. The molecule has 0 aliphatic carbocycles. The second-order valence-corrected chi connectivity index (χ2v) is 7.49. The first-order valence-corrected chi connectivity index (χ1v) is 9.43. The van der Waals surface area contributed by atoms with E-state index in [1.807, 2.05) is 12.2 Å². The molecule has 0 fully saturated rings. The minimum absolute atomic E-state index is 0.0157. The number of rotatable bonds is 10. The Kier molecular flexibility index (Phi) is 9.12. The van der Waals surface area contributed by atoms with Gasteiger partial charge in [-0.1, -0.05) is 0 Å². The van der Waals surface area contributed by atoms with Crippen molar-refractivity contribution in [2.45, 2.75) is 0 Å². The fourth-order valence-corrected chi connectivity index (χ4v) is 2.92. The van der Waals surface area contributed by atoms with Crippen LogP contribution in [-0.2, 0) is 19.0 Å². The number of aliphatic hydroxyl groups is 1. The molecular weight excluding hydrogens is 433 g/mol. The number of esters is 1. The van der Waals surface area contributed by atoms with Crippen molar-refractivity contribution < 1.29 is 24.1 Å². The quantitative estimate of drug-likeness (QED) is 0.211. The van der Waals surface area contributed by atoms with E-state index in [0.717, 1.165) is 0 Å². The van der Waals surface area contributed by atoms with Gasteiger partial charge in [0.1, 0.15) is 0 Å². The van der Waals surface area contributed by atoms with Gasteiger partial charge in [0.15, 0.2) is 0 Å². The summed E-state index contributed by atoms with van der Waals surface area (Å²) in [5.74, 6) is -0.330. The van der Waals surface area contributed by atoms with Crippen LogP contribution in [0, 0.1) is 0 Å². The van der Waals surface area contributed by atoms with Crippen molar-refractivity contribution in [3.8, 4) is 0 Å². The second-order valence-electron chi connectivity index (χ2n) is 3.32. The number of hydrogen-bond donors (Lipinski definition) is 1. The van der Waals surface area contributed by atoms with E-state index < -0.39 is 22.8 Å². The minimum Gasteiger partial charge on any atom is -0.394 e. The van der Waals surface area contributed by atoms with Crippen LogP contribution in [0.5, 0.6) is 0 Å². The molecule has 0 unspecified atom stereocenters. The first-order valence-electron chi connectivity index (χ1n) is 5.68. The Morgan fingerprint density at radius 2 is 1.89 bits per heavy atom. The minimum atomic E-state index is -0.505. The number of carbonyl (C=O) groups excluding carboxylic acids is 1. The Bertz CT molecular complexity index is 335. The summed E-state index contributed by atoms with van der Waals surface area (Å²) in [6, 6.07) is 0. The van der Waals surface area contributed by atoms with Gasteiger partial charge in [0.25, 0.3) is 0 Å². The van der Waals surface area contributed by atoms with Gasteiger partial charge in [0.05, 0.1) is 6.61 Å². The van der Waals surface area contributed by atoms with Gasteiger partial charge in [-0.25, -0.2) is 0 Å². The zero-order chi connectivity index (χ0) is 13.1. The molecule has 18 heavy (non-hydrogen) atoms. The maximum atomic E-state index is 11.2. The third-order valence-corrected chi connectivity index (χ3v) is 5.42. The molecule has 6 heteroatoms. The number of hydrogen-bond acceptors (Lipinski definition) is 5. The van der Waals surface area contributed by atoms with Crippen LogP contribution < -0.4 is 0 Å². The van der Waals surface area contributed by atoms with Crippen LogP contribution in [0.4, 0.5) is 0 Å². The van der Waals surface area contributed by atoms with E-state index in [1.165, 1.54) is 9.28 Å². The van der Waals surface area contributed by atoms with Crippen molar-refractivity contribution in [3.63, 3.8) is 0 Å². The fourth-order valence-electron chi connectivity index (χ4n) is 1.05. The number of ether oxygens (including phenoxy) is 3. The standard InChI is InChI=1S/C12H17O5.Bi/c1-2-3-4-5-12(14)17-11-10-16-9-8-15-7-6-13;/h1-2,4-5,13H,6-11H2;. The third-order valence-electron chi connectivity index (χ3n) is 1.94. The Hall–Kier alpha value is -0.417. The summed E-state index contributed by atoms with van der Waals surface area (Å²) in [4.78, 5) is 11.2. The van der Waals surface area contributed by atoms with E-state index in [-0.39, 0.29) is 19.2 Å². The van der Waals surface area contributed by atoms with Gasteiger partial charge in [-0.2, -0.15) is 0 Å². The average Bonchev–Trinajstić information content (AvgIpc) is 2.30. The molecule has 1 N–H and O–H groups in total. The summed E-state index contributed by atoms with van der Waals surface area (Å²) < 4.78 is 18.6. The predicted molar refractivity (Wildman–Crippen MR) is 68.7 cm³/mol. The average molecular weight is 450 g/mol. The molecule has 1 aliphatic rings. The molecule has 1 aliphatic heterocycles. The zero-order valence-electron chi connectivity index (χ0n) is 10.1. The Balaban J connectivity index is 1.88. The molecule has 0 bridgehead atoms. The number of allylic oxidation sites excluding steroid dienone is 2. The van der Waals surface area contributed by atoms with Gasteiger partial charge in [0, 0.05) is 0 Å². The molecule has 5 nitrogen and oxygen atoms in total. The molecule has 0 aromatic heterocycles. The smallest absolute Gasteiger partial charge is 0.394 e. The molecule has 0 saturated carbocycles. The summed E-state index contributed by atoms with van der Waals surface area (Å²) in [6.45, 7) is 1.81. The molecule has 1 heterocycles. The molecule has 0 radical (unpaired) electrons. The van der Waals surface area contributed by atoms with E-state index in [4.69, 9.17) is 19.3 Å². The Labute approximate surface area is 117 Å². The van der Waals surface area contributed by atoms with Crippen LogP contribution in [-0.4, -0.2) is 76.7 Å². The topological polar surface area (TPSA) is 65.0 Å². The molecule has 1 rings (SSSR count). The molecule has 100 valence electrons. The monoisotopic (exact) mass is 450 g/mol. The molecular formula is C12H17BiO5. The van der Waals surface area contributed by atoms with Crippen molar-refractivity contribution in [1.29, 1.82) is 0 Å². The summed E-state index contributed by atoms with van der Waals surface area (Å²) in [5.41, 5.74) is 0. The van der Waals surface area contributed by atoms with Gasteiger partial charge in [-0.3, -0.25) is 0 Å². The van der Waals surface area contributed by atoms with Crippen LogP contribution in [0.3, 0.4) is 0 Å². The van der Waals surface area contributed by atoms with E-state index >= 15 is 0 Å². The third kappa shape index (κ3) is 7.82. The first kappa shape index (κ1) is 15.6. The van der Waals surface area contributed by atoms with Crippen molar-refractivity contribution in [2.75, 3.05) is 39.6 Å². The second kappa shape index (κ2) is 10.5. The molecule has 0 saturated heterocycles. The van der Waals surface area contributed by atoms with Crippen LogP contribution in [0.1, 0.15) is 0 Å². The van der Waals surface area contributed by atoms with E-state index in [9.17, 15) is 4.79 Å². The van der Waals surface area contributed by atoms with Crippen LogP contribution in [0.2, 0.25) is 0 Å². The van der Waals surface area contributed by atoms with E-state index in [2.05, 4.69) is 3.78 Å². The Morgan fingerprint density at radius 1 is 1.22 bits per heavy atom. The van der Waals surface area contributed by atoms with E-state index in [0.29, 0.717) is 26.4 Å². The molecule has 0 amide bonds. The molecule has 0 aromatic rings. The van der Waals surface area contributed by atoms with E-state index in [1.54, 1.807) is 0 Å². The zero-order valence-corrected chi connectivity index (χ0v) is 13.6. The van der Waals surface area contributed by atoms with Gasteiger partial charge in [-0.05, 0) is 0 Å². The van der Waals surface area contributed by atoms with Crippen molar-refractivity contribution in [2.24, 2.45) is 0 Å². The first-order chi connectivity index (χ1) is 8.83. The summed E-state index contributed by atoms with van der Waals surface area (Å²) in [6.07, 6.45) is 5.34.